The van der Waals surface area contributed by atoms with Crippen molar-refractivity contribution in [2.24, 2.45) is 11.3 Å². The second kappa shape index (κ2) is 10.1. The summed E-state index contributed by atoms with van der Waals surface area (Å²) in [5.41, 5.74) is 3.26. The van der Waals surface area contributed by atoms with E-state index in [4.69, 9.17) is 0 Å². The van der Waals surface area contributed by atoms with Crippen molar-refractivity contribution in [1.29, 1.82) is 0 Å². The molecular formula is C26H39N5O2. The van der Waals surface area contributed by atoms with E-state index in [9.17, 15) is 9.59 Å². The molecule has 1 fully saturated rings. The van der Waals surface area contributed by atoms with Gasteiger partial charge in [-0.2, -0.15) is 0 Å². The van der Waals surface area contributed by atoms with Crippen LogP contribution in [-0.4, -0.2) is 38.0 Å². The molecule has 180 valence electrons. The van der Waals surface area contributed by atoms with Gasteiger partial charge in [0.15, 0.2) is 5.82 Å². The van der Waals surface area contributed by atoms with Crippen molar-refractivity contribution in [2.45, 2.75) is 86.7 Å². The molecule has 0 radical (unpaired) electrons. The maximum atomic E-state index is 13.4. The summed E-state index contributed by atoms with van der Waals surface area (Å²) >= 11 is 0. The van der Waals surface area contributed by atoms with E-state index in [1.165, 1.54) is 0 Å². The monoisotopic (exact) mass is 453 g/mol. The molecule has 0 saturated carbocycles. The van der Waals surface area contributed by atoms with Gasteiger partial charge in [-0.25, -0.2) is 0 Å². The molecule has 3 rings (SSSR count). The Bertz CT molecular complexity index is 1000. The normalized spacial score (nSPS) is 18.6. The van der Waals surface area contributed by atoms with Crippen LogP contribution in [0.5, 0.6) is 0 Å². The SMILES string of the molecule is CCn1c(CCCC(C)(C)C)nnc1[C@@H]1[C@@H](C(=O)Nc2ccc(C)cc2C)CCN1C(C)=O. The van der Waals surface area contributed by atoms with Gasteiger partial charge in [-0.3, -0.25) is 9.59 Å². The van der Waals surface area contributed by atoms with Crippen molar-refractivity contribution in [3.8, 4) is 0 Å². The molecule has 2 heterocycles. The standard InChI is InChI=1S/C26H39N5O2/c1-8-30-22(10-9-14-26(5,6)7)28-29-24(30)23-20(13-15-31(23)19(4)32)25(33)27-21-12-11-17(2)16-18(21)3/h11-12,16,20,23H,8-10,13-15H2,1-7H3,(H,27,33)/t20-,23-/m0/s1. The average molecular weight is 454 g/mol. The molecule has 0 spiro atoms. The molecule has 1 aliphatic heterocycles. The zero-order chi connectivity index (χ0) is 24.3. The highest BCUT2D eigenvalue weighted by Gasteiger charge is 2.44. The van der Waals surface area contributed by atoms with Crippen LogP contribution in [0.1, 0.15) is 82.7 Å². The molecule has 2 amide bonds. The van der Waals surface area contributed by atoms with Gasteiger partial charge in [-0.1, -0.05) is 38.5 Å². The number of carbonyl (C=O) groups excluding carboxylic acids is 2. The molecule has 1 aromatic carbocycles. The summed E-state index contributed by atoms with van der Waals surface area (Å²) in [6, 6.07) is 5.59. The number of likely N-dealkylation sites (tertiary alicyclic amines) is 1. The van der Waals surface area contributed by atoms with Gasteiger partial charge in [0.1, 0.15) is 11.9 Å². The fourth-order valence-electron chi connectivity index (χ4n) is 4.79. The van der Waals surface area contributed by atoms with Crippen LogP contribution in [0.25, 0.3) is 0 Å². The summed E-state index contributed by atoms with van der Waals surface area (Å²) in [4.78, 5) is 27.6. The Balaban J connectivity index is 1.87. The molecule has 1 N–H and O–H groups in total. The number of carbonyl (C=O) groups is 2. The Morgan fingerprint density at radius 3 is 2.52 bits per heavy atom. The molecular weight excluding hydrogens is 414 g/mol. The quantitative estimate of drug-likeness (QED) is 0.651. The average Bonchev–Trinajstić information content (AvgIpc) is 3.32. The molecule has 2 aromatic rings. The minimum Gasteiger partial charge on any atom is -0.332 e. The number of hydrogen-bond acceptors (Lipinski definition) is 4. The topological polar surface area (TPSA) is 80.1 Å². The highest BCUT2D eigenvalue weighted by Crippen LogP contribution is 2.38. The van der Waals surface area contributed by atoms with Crippen molar-refractivity contribution in [3.63, 3.8) is 0 Å². The third kappa shape index (κ3) is 5.81. The van der Waals surface area contributed by atoms with Crippen LogP contribution in [0.2, 0.25) is 0 Å². The molecule has 2 atom stereocenters. The molecule has 33 heavy (non-hydrogen) atoms. The smallest absolute Gasteiger partial charge is 0.230 e. The van der Waals surface area contributed by atoms with E-state index in [0.717, 1.165) is 47.7 Å². The lowest BCUT2D eigenvalue weighted by atomic mass is 9.90. The first-order valence-corrected chi connectivity index (χ1v) is 12.1. The lowest BCUT2D eigenvalue weighted by Crippen LogP contribution is -2.35. The van der Waals surface area contributed by atoms with E-state index >= 15 is 0 Å². The molecule has 0 bridgehead atoms. The lowest BCUT2D eigenvalue weighted by molar-refractivity contribution is -0.131. The van der Waals surface area contributed by atoms with Crippen molar-refractivity contribution in [3.05, 3.63) is 41.0 Å². The van der Waals surface area contributed by atoms with Gasteiger partial charge in [-0.05, 0) is 57.1 Å². The second-order valence-electron chi connectivity index (χ2n) is 10.5. The Kier molecular flexibility index (Phi) is 7.60. The summed E-state index contributed by atoms with van der Waals surface area (Å²) < 4.78 is 2.10. The predicted molar refractivity (Wildman–Crippen MR) is 131 cm³/mol. The first-order chi connectivity index (χ1) is 15.5. The summed E-state index contributed by atoms with van der Waals surface area (Å²) in [6.45, 7) is 15.6. The minimum absolute atomic E-state index is 0.0400. The van der Waals surface area contributed by atoms with Crippen LogP contribution in [0.4, 0.5) is 5.69 Å². The van der Waals surface area contributed by atoms with Crippen LogP contribution in [-0.2, 0) is 22.6 Å². The number of benzene rings is 1. The molecule has 0 unspecified atom stereocenters. The molecule has 1 aromatic heterocycles. The van der Waals surface area contributed by atoms with E-state index in [1.807, 2.05) is 26.0 Å². The molecule has 7 heteroatoms. The largest absolute Gasteiger partial charge is 0.332 e. The molecule has 0 aliphatic carbocycles. The predicted octanol–water partition coefficient (Wildman–Crippen LogP) is 4.83. The number of hydrogen-bond donors (Lipinski definition) is 1. The van der Waals surface area contributed by atoms with E-state index < -0.39 is 6.04 Å². The number of nitrogens with one attached hydrogen (secondary N) is 1. The Morgan fingerprint density at radius 2 is 1.91 bits per heavy atom. The van der Waals surface area contributed by atoms with Gasteiger partial charge in [0.2, 0.25) is 11.8 Å². The van der Waals surface area contributed by atoms with Gasteiger partial charge in [0.25, 0.3) is 0 Å². The van der Waals surface area contributed by atoms with Gasteiger partial charge in [0, 0.05) is 32.1 Å². The van der Waals surface area contributed by atoms with Gasteiger partial charge in [-0.15, -0.1) is 10.2 Å². The van der Waals surface area contributed by atoms with E-state index in [-0.39, 0.29) is 23.1 Å². The number of anilines is 1. The van der Waals surface area contributed by atoms with Crippen LogP contribution >= 0.6 is 0 Å². The van der Waals surface area contributed by atoms with Gasteiger partial charge < -0.3 is 14.8 Å². The van der Waals surface area contributed by atoms with Gasteiger partial charge in [0.05, 0.1) is 5.92 Å². The van der Waals surface area contributed by atoms with Gasteiger partial charge >= 0.3 is 0 Å². The van der Waals surface area contributed by atoms with Crippen molar-refractivity contribution >= 4 is 17.5 Å². The van der Waals surface area contributed by atoms with Crippen molar-refractivity contribution < 1.29 is 9.59 Å². The highest BCUT2D eigenvalue weighted by atomic mass is 16.2. The highest BCUT2D eigenvalue weighted by molar-refractivity contribution is 5.94. The third-order valence-corrected chi connectivity index (χ3v) is 6.54. The van der Waals surface area contributed by atoms with E-state index in [0.29, 0.717) is 19.5 Å². The molecule has 7 nitrogen and oxygen atoms in total. The first kappa shape index (κ1) is 24.9. The maximum Gasteiger partial charge on any atom is 0.230 e. The summed E-state index contributed by atoms with van der Waals surface area (Å²) in [7, 11) is 0. The van der Waals surface area contributed by atoms with Crippen LogP contribution in [0, 0.1) is 25.2 Å². The zero-order valence-electron chi connectivity index (χ0n) is 21.2. The van der Waals surface area contributed by atoms with E-state index in [1.54, 1.807) is 11.8 Å². The number of amides is 2. The Hall–Kier alpha value is -2.70. The van der Waals surface area contributed by atoms with Crippen molar-refractivity contribution in [2.75, 3.05) is 11.9 Å². The van der Waals surface area contributed by atoms with Crippen molar-refractivity contribution in [1.82, 2.24) is 19.7 Å². The molecule has 1 aliphatic rings. The minimum atomic E-state index is -0.405. The maximum absolute atomic E-state index is 13.4. The number of nitrogens with zero attached hydrogens (tertiary/aromatic N) is 4. The third-order valence-electron chi connectivity index (χ3n) is 6.54. The van der Waals surface area contributed by atoms with Crippen LogP contribution in [0.15, 0.2) is 18.2 Å². The zero-order valence-corrected chi connectivity index (χ0v) is 21.2. The number of aryl methyl sites for hydroxylation is 3. The molecule has 1 saturated heterocycles. The summed E-state index contributed by atoms with van der Waals surface area (Å²) in [5.74, 6) is 1.17. The summed E-state index contributed by atoms with van der Waals surface area (Å²) in [5, 5.41) is 12.1. The Labute approximate surface area is 198 Å². The van der Waals surface area contributed by atoms with Crippen LogP contribution < -0.4 is 5.32 Å². The number of rotatable bonds is 7. The fraction of sp³-hybridized carbons (Fsp3) is 0.615. The fourth-order valence-corrected chi connectivity index (χ4v) is 4.79. The van der Waals surface area contributed by atoms with Crippen LogP contribution in [0.3, 0.4) is 0 Å². The first-order valence-electron chi connectivity index (χ1n) is 12.1. The van der Waals surface area contributed by atoms with E-state index in [2.05, 4.69) is 53.8 Å². The second-order valence-corrected chi connectivity index (χ2v) is 10.5. The summed E-state index contributed by atoms with van der Waals surface area (Å²) in [6.07, 6.45) is 3.57. The number of aromatic nitrogens is 3. The lowest BCUT2D eigenvalue weighted by Gasteiger charge is -2.27. The Morgan fingerprint density at radius 1 is 1.18 bits per heavy atom.